The molecule has 0 aliphatic heterocycles. The molecule has 0 bridgehead atoms. The first-order chi connectivity index (χ1) is 5.27. The maximum Gasteiger partial charge on any atom is 0.0623 e. The van der Waals surface area contributed by atoms with Crippen LogP contribution in [0.15, 0.2) is 0 Å². The minimum atomic E-state index is 0.0608. The summed E-state index contributed by atoms with van der Waals surface area (Å²) in [6.07, 6.45) is 2.22. The molecule has 12 heavy (non-hydrogen) atoms. The predicted octanol–water partition coefficient (Wildman–Crippen LogP) is 3.63. The van der Waals surface area contributed by atoms with Gasteiger partial charge in [0.2, 0.25) is 0 Å². The van der Waals surface area contributed by atoms with Crippen molar-refractivity contribution < 1.29 is 4.74 Å². The van der Waals surface area contributed by atoms with Crippen LogP contribution in [-0.4, -0.2) is 12.2 Å². The molecule has 0 spiro atoms. The van der Waals surface area contributed by atoms with E-state index in [-0.39, 0.29) is 5.60 Å². The van der Waals surface area contributed by atoms with Crippen LogP contribution in [0.2, 0.25) is 0 Å². The maximum atomic E-state index is 5.75. The molecule has 0 unspecified atom stereocenters. The predicted molar refractivity (Wildman–Crippen MR) is 54.4 cm³/mol. The van der Waals surface area contributed by atoms with E-state index in [0.717, 1.165) is 19.4 Å². The second-order valence-electron chi connectivity index (χ2n) is 5.27. The summed E-state index contributed by atoms with van der Waals surface area (Å²) in [5.74, 6) is 0. The normalized spacial score (nSPS) is 13.5. The van der Waals surface area contributed by atoms with E-state index in [0.29, 0.717) is 5.41 Å². The monoisotopic (exact) mass is 172 g/mol. The SMILES string of the molecule is CCC(C)(C)OCCC(C)(C)C. The van der Waals surface area contributed by atoms with Crippen LogP contribution in [0.1, 0.15) is 54.4 Å². The topological polar surface area (TPSA) is 9.23 Å². The molecule has 0 aliphatic carbocycles. The highest BCUT2D eigenvalue weighted by molar-refractivity contribution is 4.67. The molecule has 0 radical (unpaired) electrons. The van der Waals surface area contributed by atoms with Gasteiger partial charge in [-0.3, -0.25) is 0 Å². The first-order valence-electron chi connectivity index (χ1n) is 4.91. The molecule has 74 valence electrons. The Labute approximate surface area is 77.5 Å². The molecular formula is C11H24O. The first kappa shape index (κ1) is 12.0. The molecular weight excluding hydrogens is 148 g/mol. The Morgan fingerprint density at radius 3 is 1.83 bits per heavy atom. The van der Waals surface area contributed by atoms with E-state index >= 15 is 0 Å². The molecule has 0 heterocycles. The zero-order chi connectivity index (χ0) is 9.83. The van der Waals surface area contributed by atoms with Crippen molar-refractivity contribution in [3.8, 4) is 0 Å². The Morgan fingerprint density at radius 1 is 1.00 bits per heavy atom. The van der Waals surface area contributed by atoms with Crippen LogP contribution in [0.25, 0.3) is 0 Å². The molecule has 1 heteroatoms. The van der Waals surface area contributed by atoms with Crippen LogP contribution in [-0.2, 0) is 4.74 Å². The zero-order valence-electron chi connectivity index (χ0n) is 9.53. The van der Waals surface area contributed by atoms with Gasteiger partial charge >= 0.3 is 0 Å². The Balaban J connectivity index is 3.57. The van der Waals surface area contributed by atoms with Crippen LogP contribution in [0.5, 0.6) is 0 Å². The third-order valence-corrected chi connectivity index (χ3v) is 2.20. The fraction of sp³-hybridized carbons (Fsp3) is 1.00. The van der Waals surface area contributed by atoms with Gasteiger partial charge in [0.05, 0.1) is 5.60 Å². The van der Waals surface area contributed by atoms with Gasteiger partial charge in [0.1, 0.15) is 0 Å². The Bertz CT molecular complexity index is 119. The van der Waals surface area contributed by atoms with E-state index in [4.69, 9.17) is 4.74 Å². The summed E-state index contributed by atoms with van der Waals surface area (Å²) in [5, 5.41) is 0. The van der Waals surface area contributed by atoms with E-state index in [1.807, 2.05) is 0 Å². The Hall–Kier alpha value is -0.0400. The third kappa shape index (κ3) is 6.66. The quantitative estimate of drug-likeness (QED) is 0.629. The minimum absolute atomic E-state index is 0.0608. The molecule has 0 aromatic carbocycles. The Morgan fingerprint density at radius 2 is 1.50 bits per heavy atom. The standard InChI is InChI=1S/C11H24O/c1-7-11(5,6)12-9-8-10(2,3)4/h7-9H2,1-6H3. The van der Waals surface area contributed by atoms with Crippen LogP contribution in [0.4, 0.5) is 0 Å². The van der Waals surface area contributed by atoms with Gasteiger partial charge in [-0.25, -0.2) is 0 Å². The third-order valence-electron chi connectivity index (χ3n) is 2.20. The second kappa shape index (κ2) is 4.27. The van der Waals surface area contributed by atoms with Crippen molar-refractivity contribution in [2.75, 3.05) is 6.61 Å². The first-order valence-corrected chi connectivity index (χ1v) is 4.91. The summed E-state index contributed by atoms with van der Waals surface area (Å²) in [6.45, 7) is 14.1. The lowest BCUT2D eigenvalue weighted by atomic mass is 9.93. The van der Waals surface area contributed by atoms with Gasteiger partial charge in [-0.15, -0.1) is 0 Å². The number of rotatable bonds is 4. The molecule has 0 aromatic rings. The molecule has 0 saturated heterocycles. The summed E-state index contributed by atoms with van der Waals surface area (Å²) in [6, 6.07) is 0. The molecule has 0 rings (SSSR count). The van der Waals surface area contributed by atoms with Crippen molar-refractivity contribution in [1.29, 1.82) is 0 Å². The summed E-state index contributed by atoms with van der Waals surface area (Å²) in [4.78, 5) is 0. The van der Waals surface area contributed by atoms with Crippen molar-refractivity contribution in [1.82, 2.24) is 0 Å². The molecule has 0 N–H and O–H groups in total. The van der Waals surface area contributed by atoms with Crippen LogP contribution >= 0.6 is 0 Å². The molecule has 0 saturated carbocycles. The summed E-state index contributed by atoms with van der Waals surface area (Å²) < 4.78 is 5.75. The van der Waals surface area contributed by atoms with Crippen molar-refractivity contribution in [3.63, 3.8) is 0 Å². The van der Waals surface area contributed by atoms with Crippen molar-refractivity contribution in [2.24, 2.45) is 5.41 Å². The largest absolute Gasteiger partial charge is 0.376 e. The molecule has 0 atom stereocenters. The van der Waals surface area contributed by atoms with E-state index in [2.05, 4.69) is 41.5 Å². The number of ether oxygens (including phenoxy) is 1. The highest BCUT2D eigenvalue weighted by atomic mass is 16.5. The molecule has 0 fully saturated rings. The van der Waals surface area contributed by atoms with E-state index in [9.17, 15) is 0 Å². The average Bonchev–Trinajstić information content (AvgIpc) is 1.84. The van der Waals surface area contributed by atoms with E-state index < -0.39 is 0 Å². The molecule has 0 amide bonds. The highest BCUT2D eigenvalue weighted by Gasteiger charge is 2.17. The fourth-order valence-electron chi connectivity index (χ4n) is 0.736. The average molecular weight is 172 g/mol. The van der Waals surface area contributed by atoms with Crippen molar-refractivity contribution >= 4 is 0 Å². The van der Waals surface area contributed by atoms with Gasteiger partial charge in [0.15, 0.2) is 0 Å². The van der Waals surface area contributed by atoms with E-state index in [1.54, 1.807) is 0 Å². The van der Waals surface area contributed by atoms with Crippen molar-refractivity contribution in [3.05, 3.63) is 0 Å². The van der Waals surface area contributed by atoms with Crippen LogP contribution < -0.4 is 0 Å². The summed E-state index contributed by atoms with van der Waals surface area (Å²) in [5.41, 5.74) is 0.453. The summed E-state index contributed by atoms with van der Waals surface area (Å²) in [7, 11) is 0. The highest BCUT2D eigenvalue weighted by Crippen LogP contribution is 2.21. The molecule has 1 nitrogen and oxygen atoms in total. The van der Waals surface area contributed by atoms with Crippen molar-refractivity contribution in [2.45, 2.75) is 60.0 Å². The smallest absolute Gasteiger partial charge is 0.0623 e. The zero-order valence-corrected chi connectivity index (χ0v) is 9.53. The Kier molecular flexibility index (Phi) is 4.25. The van der Waals surface area contributed by atoms with Gasteiger partial charge in [-0.1, -0.05) is 27.7 Å². The number of hydrogen-bond acceptors (Lipinski definition) is 1. The summed E-state index contributed by atoms with van der Waals surface area (Å²) >= 11 is 0. The van der Waals surface area contributed by atoms with Gasteiger partial charge in [0, 0.05) is 6.61 Å². The van der Waals surface area contributed by atoms with Crippen LogP contribution in [0, 0.1) is 5.41 Å². The minimum Gasteiger partial charge on any atom is -0.376 e. The molecule has 0 aliphatic rings. The van der Waals surface area contributed by atoms with E-state index in [1.165, 1.54) is 0 Å². The van der Waals surface area contributed by atoms with Crippen LogP contribution in [0.3, 0.4) is 0 Å². The fourth-order valence-corrected chi connectivity index (χ4v) is 0.736. The maximum absolute atomic E-state index is 5.75. The molecule has 0 aromatic heterocycles. The van der Waals surface area contributed by atoms with Gasteiger partial charge in [-0.05, 0) is 32.1 Å². The number of hydrogen-bond donors (Lipinski definition) is 0. The van der Waals surface area contributed by atoms with Gasteiger partial charge < -0.3 is 4.74 Å². The second-order valence-corrected chi connectivity index (χ2v) is 5.27. The van der Waals surface area contributed by atoms with Gasteiger partial charge in [0.25, 0.3) is 0 Å². The lowest BCUT2D eigenvalue weighted by Crippen LogP contribution is -2.25. The van der Waals surface area contributed by atoms with Gasteiger partial charge in [-0.2, -0.15) is 0 Å². The lowest BCUT2D eigenvalue weighted by molar-refractivity contribution is -0.0297. The lowest BCUT2D eigenvalue weighted by Gasteiger charge is -2.26.